The van der Waals surface area contributed by atoms with Crippen LogP contribution in [0.15, 0.2) is 24.3 Å². The monoisotopic (exact) mass is 288 g/mol. The fraction of sp³-hybridized carbons (Fsp3) is 0.312. The minimum atomic E-state index is -0.470. The van der Waals surface area contributed by atoms with Crippen molar-refractivity contribution in [1.29, 1.82) is 0 Å². The van der Waals surface area contributed by atoms with Crippen molar-refractivity contribution in [3.8, 4) is 5.75 Å². The van der Waals surface area contributed by atoms with E-state index in [0.29, 0.717) is 28.9 Å². The summed E-state index contributed by atoms with van der Waals surface area (Å²) in [6.07, 6.45) is 0.754. The van der Waals surface area contributed by atoms with Gasteiger partial charge in [-0.1, -0.05) is 13.0 Å². The molecule has 1 aromatic heterocycles. The Kier molecular flexibility index (Phi) is 4.62. The molecule has 0 fully saturated rings. The summed E-state index contributed by atoms with van der Waals surface area (Å²) in [7, 11) is 1.40. The molecule has 0 bridgehead atoms. The number of nitrogens with zero attached hydrogens (tertiary/aromatic N) is 2. The van der Waals surface area contributed by atoms with Crippen LogP contribution in [-0.4, -0.2) is 23.1 Å². The van der Waals surface area contributed by atoms with Crippen LogP contribution in [0, 0.1) is 12.7 Å². The molecule has 0 saturated carbocycles. The maximum Gasteiger partial charge on any atom is 0.169 e. The van der Waals surface area contributed by atoms with E-state index in [4.69, 9.17) is 4.74 Å². The average molecular weight is 288 g/mol. The highest BCUT2D eigenvalue weighted by Gasteiger charge is 2.14. The summed E-state index contributed by atoms with van der Waals surface area (Å²) in [5, 5.41) is 8.00. The SMILES string of the molecule is CCc1nnc(C)cc1C(=O)Cc1ccc(OC)c(F)c1. The van der Waals surface area contributed by atoms with Crippen LogP contribution in [0.4, 0.5) is 4.39 Å². The van der Waals surface area contributed by atoms with E-state index in [1.165, 1.54) is 19.2 Å². The Bertz CT molecular complexity index is 671. The van der Waals surface area contributed by atoms with Crippen LogP contribution in [-0.2, 0) is 12.8 Å². The van der Waals surface area contributed by atoms with Gasteiger partial charge in [0.05, 0.1) is 18.5 Å². The standard InChI is InChI=1S/C16H17FN2O2/c1-4-14-12(7-10(2)18-19-14)15(20)9-11-5-6-16(21-3)13(17)8-11/h5-8H,4,9H2,1-3H3. The molecule has 0 unspecified atom stereocenters. The lowest BCUT2D eigenvalue weighted by Gasteiger charge is -2.08. The Morgan fingerprint density at radius 1 is 1.29 bits per heavy atom. The molecule has 0 aliphatic heterocycles. The Morgan fingerprint density at radius 3 is 2.67 bits per heavy atom. The molecule has 110 valence electrons. The van der Waals surface area contributed by atoms with Gasteiger partial charge in [-0.15, -0.1) is 0 Å². The molecule has 2 rings (SSSR count). The lowest BCUT2D eigenvalue weighted by Crippen LogP contribution is -2.10. The first-order valence-corrected chi connectivity index (χ1v) is 6.74. The highest BCUT2D eigenvalue weighted by Crippen LogP contribution is 2.19. The van der Waals surface area contributed by atoms with Gasteiger partial charge in [-0.05, 0) is 37.1 Å². The average Bonchev–Trinajstić information content (AvgIpc) is 2.47. The zero-order valence-electron chi connectivity index (χ0n) is 12.3. The van der Waals surface area contributed by atoms with Crippen LogP contribution >= 0.6 is 0 Å². The topological polar surface area (TPSA) is 52.1 Å². The van der Waals surface area contributed by atoms with Crippen molar-refractivity contribution in [3.63, 3.8) is 0 Å². The smallest absolute Gasteiger partial charge is 0.169 e. The summed E-state index contributed by atoms with van der Waals surface area (Å²) in [5.74, 6) is -0.390. The van der Waals surface area contributed by atoms with Crippen LogP contribution in [0.25, 0.3) is 0 Å². The predicted octanol–water partition coefficient (Wildman–Crippen LogP) is 2.92. The molecular formula is C16H17FN2O2. The highest BCUT2D eigenvalue weighted by molar-refractivity contribution is 5.98. The first kappa shape index (κ1) is 15.1. The summed E-state index contributed by atoms with van der Waals surface area (Å²) in [5.41, 5.74) is 2.52. The summed E-state index contributed by atoms with van der Waals surface area (Å²) in [6.45, 7) is 3.71. The molecule has 0 atom stereocenters. The highest BCUT2D eigenvalue weighted by atomic mass is 19.1. The van der Waals surface area contributed by atoms with Gasteiger partial charge in [0.25, 0.3) is 0 Å². The summed E-state index contributed by atoms with van der Waals surface area (Å²) in [6, 6.07) is 6.26. The maximum absolute atomic E-state index is 13.7. The van der Waals surface area contributed by atoms with Crippen LogP contribution < -0.4 is 4.74 Å². The molecule has 2 aromatic rings. The van der Waals surface area contributed by atoms with E-state index in [9.17, 15) is 9.18 Å². The number of aryl methyl sites for hydroxylation is 2. The van der Waals surface area contributed by atoms with Crippen LogP contribution in [0.5, 0.6) is 5.75 Å². The van der Waals surface area contributed by atoms with Crippen LogP contribution in [0.2, 0.25) is 0 Å². The zero-order chi connectivity index (χ0) is 15.4. The van der Waals surface area contributed by atoms with Crippen molar-refractivity contribution in [3.05, 3.63) is 52.6 Å². The van der Waals surface area contributed by atoms with E-state index in [-0.39, 0.29) is 18.0 Å². The number of Topliss-reactive ketones (excluding diaryl/α,β-unsaturated/α-hetero) is 1. The number of carbonyl (C=O) groups is 1. The lowest BCUT2D eigenvalue weighted by molar-refractivity contribution is 0.0991. The van der Waals surface area contributed by atoms with Crippen molar-refractivity contribution in [2.45, 2.75) is 26.7 Å². The maximum atomic E-state index is 13.7. The fourth-order valence-electron chi connectivity index (χ4n) is 2.12. The first-order valence-electron chi connectivity index (χ1n) is 6.74. The van der Waals surface area contributed by atoms with Crippen molar-refractivity contribution >= 4 is 5.78 Å². The Labute approximate surface area is 123 Å². The molecule has 0 amide bonds. The fourth-order valence-corrected chi connectivity index (χ4v) is 2.12. The van der Waals surface area contributed by atoms with Crippen molar-refractivity contribution in [2.75, 3.05) is 7.11 Å². The third-order valence-electron chi connectivity index (χ3n) is 3.21. The number of halogens is 1. The van der Waals surface area contributed by atoms with E-state index in [1.54, 1.807) is 19.1 Å². The summed E-state index contributed by atoms with van der Waals surface area (Å²) in [4.78, 5) is 12.4. The molecule has 0 radical (unpaired) electrons. The van der Waals surface area contributed by atoms with E-state index in [2.05, 4.69) is 10.2 Å². The van der Waals surface area contributed by atoms with E-state index >= 15 is 0 Å². The number of aromatic nitrogens is 2. The Morgan fingerprint density at radius 2 is 2.05 bits per heavy atom. The molecule has 4 nitrogen and oxygen atoms in total. The summed E-state index contributed by atoms with van der Waals surface area (Å²) >= 11 is 0. The van der Waals surface area contributed by atoms with Crippen molar-refractivity contribution in [2.24, 2.45) is 0 Å². The number of hydrogen-bond acceptors (Lipinski definition) is 4. The lowest BCUT2D eigenvalue weighted by atomic mass is 10.0. The van der Waals surface area contributed by atoms with Gasteiger partial charge in [-0.2, -0.15) is 10.2 Å². The number of carbonyl (C=O) groups excluding carboxylic acids is 1. The van der Waals surface area contributed by atoms with Gasteiger partial charge in [0.15, 0.2) is 17.3 Å². The second-order valence-corrected chi connectivity index (χ2v) is 4.77. The third-order valence-corrected chi connectivity index (χ3v) is 3.21. The largest absolute Gasteiger partial charge is 0.494 e. The van der Waals surface area contributed by atoms with Gasteiger partial charge in [0, 0.05) is 12.0 Å². The number of ether oxygens (including phenoxy) is 1. The van der Waals surface area contributed by atoms with Gasteiger partial charge in [0.2, 0.25) is 0 Å². The predicted molar refractivity (Wildman–Crippen MR) is 77.1 cm³/mol. The van der Waals surface area contributed by atoms with E-state index in [0.717, 1.165) is 0 Å². The van der Waals surface area contributed by atoms with Gasteiger partial charge in [-0.3, -0.25) is 4.79 Å². The molecule has 0 aliphatic rings. The molecule has 0 aliphatic carbocycles. The van der Waals surface area contributed by atoms with Crippen LogP contribution in [0.1, 0.15) is 34.2 Å². The van der Waals surface area contributed by atoms with E-state index < -0.39 is 5.82 Å². The second-order valence-electron chi connectivity index (χ2n) is 4.77. The molecule has 21 heavy (non-hydrogen) atoms. The molecule has 5 heteroatoms. The normalized spacial score (nSPS) is 10.5. The molecule has 1 heterocycles. The van der Waals surface area contributed by atoms with Crippen molar-refractivity contribution in [1.82, 2.24) is 10.2 Å². The Balaban J connectivity index is 2.26. The molecular weight excluding hydrogens is 271 g/mol. The molecule has 0 spiro atoms. The third kappa shape index (κ3) is 3.42. The molecule has 1 aromatic carbocycles. The Hall–Kier alpha value is -2.30. The second kappa shape index (κ2) is 6.43. The number of methoxy groups -OCH3 is 1. The van der Waals surface area contributed by atoms with Crippen molar-refractivity contribution < 1.29 is 13.9 Å². The minimum Gasteiger partial charge on any atom is -0.494 e. The van der Waals surface area contributed by atoms with Gasteiger partial charge < -0.3 is 4.74 Å². The number of benzene rings is 1. The summed E-state index contributed by atoms with van der Waals surface area (Å²) < 4.78 is 18.5. The van der Waals surface area contributed by atoms with Crippen LogP contribution in [0.3, 0.4) is 0 Å². The number of hydrogen-bond donors (Lipinski definition) is 0. The number of rotatable bonds is 5. The quantitative estimate of drug-likeness (QED) is 0.794. The van der Waals surface area contributed by atoms with E-state index in [1.807, 2.05) is 6.92 Å². The van der Waals surface area contributed by atoms with Gasteiger partial charge >= 0.3 is 0 Å². The first-order chi connectivity index (χ1) is 10.0. The molecule has 0 N–H and O–H groups in total. The molecule has 0 saturated heterocycles. The number of ketones is 1. The van der Waals surface area contributed by atoms with Gasteiger partial charge in [0.1, 0.15) is 0 Å². The minimum absolute atomic E-state index is 0.0885. The van der Waals surface area contributed by atoms with Gasteiger partial charge in [-0.25, -0.2) is 4.39 Å². The zero-order valence-corrected chi connectivity index (χ0v) is 12.3.